The Hall–Kier alpha value is -1.65. The number of aromatic nitrogens is 4. The highest BCUT2D eigenvalue weighted by molar-refractivity contribution is 7.99. The molecular weight excluding hydrogens is 398 g/mol. The second-order valence-electron chi connectivity index (χ2n) is 6.22. The number of amides is 1. The maximum absolute atomic E-state index is 12.1. The lowest BCUT2D eigenvalue weighted by Crippen LogP contribution is -2.41. The van der Waals surface area contributed by atoms with Gasteiger partial charge in [0.25, 0.3) is 0 Å². The lowest BCUT2D eigenvalue weighted by atomic mass is 10.1. The van der Waals surface area contributed by atoms with Gasteiger partial charge >= 0.3 is 0 Å². The van der Waals surface area contributed by atoms with Crippen LogP contribution in [0.4, 0.5) is 0 Å². The van der Waals surface area contributed by atoms with Gasteiger partial charge in [-0.3, -0.25) is 4.79 Å². The van der Waals surface area contributed by atoms with Gasteiger partial charge in [-0.25, -0.2) is 8.42 Å². The molecule has 1 aliphatic heterocycles. The lowest BCUT2D eigenvalue weighted by molar-refractivity contribution is -0.119. The molecule has 0 saturated carbocycles. The highest BCUT2D eigenvalue weighted by atomic mass is 35.5. The van der Waals surface area contributed by atoms with Crippen LogP contribution >= 0.6 is 23.4 Å². The van der Waals surface area contributed by atoms with E-state index in [1.807, 2.05) is 32.0 Å². The summed E-state index contributed by atoms with van der Waals surface area (Å²) in [6, 6.07) is 5.35. The third-order valence-electron chi connectivity index (χ3n) is 3.98. The molecule has 0 unspecified atom stereocenters. The predicted molar refractivity (Wildman–Crippen MR) is 99.6 cm³/mol. The minimum absolute atomic E-state index is 0.0610. The van der Waals surface area contributed by atoms with Crippen LogP contribution < -0.4 is 5.32 Å². The Morgan fingerprint density at radius 3 is 2.81 bits per heavy atom. The van der Waals surface area contributed by atoms with Crippen molar-refractivity contribution in [2.75, 3.05) is 17.3 Å². The minimum Gasteiger partial charge on any atom is -0.350 e. The van der Waals surface area contributed by atoms with Crippen LogP contribution in [0.5, 0.6) is 0 Å². The van der Waals surface area contributed by atoms with Crippen LogP contribution in [0, 0.1) is 13.8 Å². The quantitative estimate of drug-likeness (QED) is 0.570. The number of nitrogens with zero attached hydrogens (tertiary/aromatic N) is 4. The second-order valence-corrected chi connectivity index (χ2v) is 9.88. The minimum atomic E-state index is -3.19. The van der Waals surface area contributed by atoms with Gasteiger partial charge in [-0.1, -0.05) is 29.5 Å². The topological polar surface area (TPSA) is 107 Å². The van der Waals surface area contributed by atoms with E-state index in [0.717, 1.165) is 16.8 Å². The number of benzene rings is 1. The number of thioether (sulfide) groups is 1. The molecule has 1 aliphatic rings. The zero-order valence-corrected chi connectivity index (χ0v) is 16.6. The first-order chi connectivity index (χ1) is 12.2. The molecule has 1 amide bonds. The monoisotopic (exact) mass is 415 g/mol. The molecule has 2 atom stereocenters. The molecule has 1 N–H and O–H groups in total. The summed E-state index contributed by atoms with van der Waals surface area (Å²) in [5.74, 6) is -0.487. The number of hydrogen-bond donors (Lipinski definition) is 1. The Bertz CT molecular complexity index is 931. The molecule has 1 aromatic heterocycles. The molecule has 2 aromatic rings. The molecule has 0 spiro atoms. The zero-order chi connectivity index (χ0) is 18.9. The molecule has 1 saturated heterocycles. The predicted octanol–water partition coefficient (Wildman–Crippen LogP) is 0.892. The number of tetrazole rings is 1. The van der Waals surface area contributed by atoms with Crippen molar-refractivity contribution >= 4 is 39.1 Å². The number of hydrogen-bond acceptors (Lipinski definition) is 7. The third kappa shape index (κ3) is 4.36. The first-order valence-corrected chi connectivity index (χ1v) is 11.1. The van der Waals surface area contributed by atoms with Gasteiger partial charge in [0.15, 0.2) is 9.84 Å². The Morgan fingerprint density at radius 1 is 1.38 bits per heavy atom. The van der Waals surface area contributed by atoms with Crippen molar-refractivity contribution in [2.24, 2.45) is 0 Å². The van der Waals surface area contributed by atoms with Crippen LogP contribution in [0.15, 0.2) is 23.4 Å². The molecule has 0 radical (unpaired) electrons. The van der Waals surface area contributed by atoms with E-state index in [9.17, 15) is 13.2 Å². The smallest absolute Gasteiger partial charge is 0.230 e. The number of halogens is 1. The van der Waals surface area contributed by atoms with Gasteiger partial charge in [-0.15, -0.1) is 16.7 Å². The fourth-order valence-electron chi connectivity index (χ4n) is 2.78. The fraction of sp³-hybridized carbons (Fsp3) is 0.467. The van der Waals surface area contributed by atoms with E-state index in [1.165, 1.54) is 11.8 Å². The van der Waals surface area contributed by atoms with Crippen LogP contribution in [0.1, 0.15) is 11.1 Å². The highest BCUT2D eigenvalue weighted by Crippen LogP contribution is 2.22. The van der Waals surface area contributed by atoms with Crippen molar-refractivity contribution in [3.05, 3.63) is 29.3 Å². The number of sulfone groups is 1. The molecule has 1 aromatic carbocycles. The standard InChI is InChI=1S/C15H18ClN5O3S2/c1-9-3-4-13(10(2)5-9)21-15(18-19-20-21)25-6-14(22)17-12-8-26(23,24)7-11(12)16/h3-5,11-12H,6-8H2,1-2H3,(H,17,22)/t11-,12-/m0/s1. The Morgan fingerprint density at radius 2 is 2.15 bits per heavy atom. The first kappa shape index (κ1) is 19.1. The van der Waals surface area contributed by atoms with Gasteiger partial charge in [0.1, 0.15) is 0 Å². The van der Waals surface area contributed by atoms with Crippen LogP contribution in [0.2, 0.25) is 0 Å². The fourth-order valence-corrected chi connectivity index (χ4v) is 6.02. The van der Waals surface area contributed by atoms with Gasteiger partial charge in [0, 0.05) is 0 Å². The van der Waals surface area contributed by atoms with Gasteiger partial charge in [-0.05, 0) is 35.9 Å². The zero-order valence-electron chi connectivity index (χ0n) is 14.2. The molecule has 11 heteroatoms. The van der Waals surface area contributed by atoms with Crippen LogP contribution in [0.25, 0.3) is 5.69 Å². The average molecular weight is 416 g/mol. The molecule has 2 heterocycles. The van der Waals surface area contributed by atoms with Crippen LogP contribution in [-0.2, 0) is 14.6 Å². The maximum atomic E-state index is 12.1. The summed E-state index contributed by atoms with van der Waals surface area (Å²) in [6.45, 7) is 3.97. The number of carbonyl (C=O) groups is 1. The Kier molecular flexibility index (Phi) is 5.54. The van der Waals surface area contributed by atoms with E-state index in [-0.39, 0.29) is 23.2 Å². The van der Waals surface area contributed by atoms with Gasteiger partial charge in [0.2, 0.25) is 11.1 Å². The van der Waals surface area contributed by atoms with E-state index in [4.69, 9.17) is 11.6 Å². The van der Waals surface area contributed by atoms with E-state index in [2.05, 4.69) is 20.8 Å². The molecule has 0 aliphatic carbocycles. The molecule has 0 bridgehead atoms. The van der Waals surface area contributed by atoms with Gasteiger partial charge in [-0.2, -0.15) is 4.68 Å². The number of aryl methyl sites for hydroxylation is 2. The van der Waals surface area contributed by atoms with Crippen molar-refractivity contribution in [3.63, 3.8) is 0 Å². The Labute approximate surface area is 160 Å². The third-order valence-corrected chi connectivity index (χ3v) is 7.28. The number of nitrogens with one attached hydrogen (secondary N) is 1. The summed E-state index contributed by atoms with van der Waals surface area (Å²) in [5, 5.41) is 14.2. The summed E-state index contributed by atoms with van der Waals surface area (Å²) < 4.78 is 24.7. The number of rotatable bonds is 5. The maximum Gasteiger partial charge on any atom is 0.230 e. The molecule has 140 valence electrons. The molecule has 3 rings (SSSR count). The summed E-state index contributed by atoms with van der Waals surface area (Å²) in [6.07, 6.45) is 0. The Balaban J connectivity index is 1.64. The van der Waals surface area contributed by atoms with E-state index in [0.29, 0.717) is 5.16 Å². The molecule has 8 nitrogen and oxygen atoms in total. The normalized spacial score (nSPS) is 21.7. The van der Waals surface area contributed by atoms with Gasteiger partial charge in [0.05, 0.1) is 34.4 Å². The summed E-state index contributed by atoms with van der Waals surface area (Å²) in [4.78, 5) is 12.1. The summed E-state index contributed by atoms with van der Waals surface area (Å²) >= 11 is 7.18. The lowest BCUT2D eigenvalue weighted by Gasteiger charge is -2.14. The van der Waals surface area contributed by atoms with Crippen molar-refractivity contribution in [1.82, 2.24) is 25.5 Å². The highest BCUT2D eigenvalue weighted by Gasteiger charge is 2.37. The largest absolute Gasteiger partial charge is 0.350 e. The summed E-state index contributed by atoms with van der Waals surface area (Å²) in [7, 11) is -3.19. The van der Waals surface area contributed by atoms with Crippen LogP contribution in [-0.4, -0.2) is 63.2 Å². The average Bonchev–Trinajstić information content (AvgIpc) is 3.09. The van der Waals surface area contributed by atoms with Crippen molar-refractivity contribution in [1.29, 1.82) is 0 Å². The van der Waals surface area contributed by atoms with E-state index < -0.39 is 21.3 Å². The van der Waals surface area contributed by atoms with Crippen molar-refractivity contribution < 1.29 is 13.2 Å². The van der Waals surface area contributed by atoms with Crippen LogP contribution in [0.3, 0.4) is 0 Å². The number of carbonyl (C=O) groups excluding carboxylic acids is 1. The SMILES string of the molecule is Cc1ccc(-n2nnnc2SCC(=O)N[C@H]2CS(=O)(=O)C[C@@H]2Cl)c(C)c1. The molecule has 1 fully saturated rings. The van der Waals surface area contributed by atoms with Crippen molar-refractivity contribution in [3.8, 4) is 5.69 Å². The molecule has 26 heavy (non-hydrogen) atoms. The summed E-state index contributed by atoms with van der Waals surface area (Å²) in [5.41, 5.74) is 2.99. The first-order valence-electron chi connectivity index (χ1n) is 7.88. The van der Waals surface area contributed by atoms with E-state index in [1.54, 1.807) is 4.68 Å². The second kappa shape index (κ2) is 7.53. The van der Waals surface area contributed by atoms with Crippen molar-refractivity contribution in [2.45, 2.75) is 30.4 Å². The van der Waals surface area contributed by atoms with Gasteiger partial charge < -0.3 is 5.32 Å². The number of alkyl halides is 1. The molecular formula is C15H18ClN5O3S2. The van der Waals surface area contributed by atoms with E-state index >= 15 is 0 Å².